The second-order valence-electron chi connectivity index (χ2n) is 0.983. The molecular weight excluding hydrogens is 359 g/mol. The Hall–Kier alpha value is 1.77. The number of aliphatic carboxylic acids is 2. The van der Waals surface area contributed by atoms with Crippen LogP contribution in [-0.4, -0.2) is 120 Å². The first-order chi connectivity index (χ1) is 4.64. The molecule has 0 heterocycles. The van der Waals surface area contributed by atoms with Crippen LogP contribution in [-0.2, 0) is 20.0 Å². The molecule has 0 fully saturated rings. The van der Waals surface area contributed by atoms with E-state index in [4.69, 9.17) is 37.3 Å². The fourth-order valence-electron chi connectivity index (χ4n) is 0. The molecule has 0 rings (SSSR count). The molecule has 8 nitrogen and oxygen atoms in total. The van der Waals surface area contributed by atoms with Gasteiger partial charge in [-0.1, -0.05) is 0 Å². The monoisotopic (exact) mass is 360 g/mol. The van der Waals surface area contributed by atoms with Crippen molar-refractivity contribution >= 4 is 113 Å². The van der Waals surface area contributed by atoms with Crippen molar-refractivity contribution in [3.8, 4) is 0 Å². The maximum Gasteiger partial charge on any atom is 2.00 e. The van der Waals surface area contributed by atoms with Crippen molar-refractivity contribution < 1.29 is 37.3 Å². The van der Waals surface area contributed by atoms with Crippen LogP contribution in [0, 0.1) is 0 Å². The minimum atomic E-state index is -5.17. The first-order valence-corrected chi connectivity index (χ1v) is 3.07. The van der Waals surface area contributed by atoms with E-state index in [1.807, 2.05) is 0 Å². The summed E-state index contributed by atoms with van der Waals surface area (Å²) in [5, 5.41) is 17.9. The molecule has 0 spiro atoms. The summed E-state index contributed by atoms with van der Waals surface area (Å²) in [6.45, 7) is 0. The maximum atomic E-state index is 8.93. The minimum Gasteiger partial charge on any atom is -0.759 e. The molecule has 0 N–H and O–H groups in total. The zero-order valence-corrected chi connectivity index (χ0v) is 13.9. The molecule has 0 radical (unpaired) electrons. The van der Waals surface area contributed by atoms with Crippen LogP contribution in [0.1, 0.15) is 0 Å². The van der Waals surface area contributed by atoms with Gasteiger partial charge in [-0.2, -0.15) is 0 Å². The second kappa shape index (κ2) is 11.8. The number of carboxylic acids is 2. The van der Waals surface area contributed by atoms with Gasteiger partial charge >= 0.3 is 91.0 Å². The van der Waals surface area contributed by atoms with Gasteiger partial charge in [0, 0.05) is 10.4 Å². The summed E-state index contributed by atoms with van der Waals surface area (Å²) in [5.74, 6) is -4.37. The van der Waals surface area contributed by atoms with Gasteiger partial charge in [0.2, 0.25) is 0 Å². The number of hydrogen-bond acceptors (Lipinski definition) is 8. The molecule has 0 aliphatic carbocycles. The molecule has 0 bridgehead atoms. The van der Waals surface area contributed by atoms with Gasteiger partial charge in [-0.05, 0) is 0 Å². The molecule has 0 aliphatic rings. The Bertz CT molecular complexity index is 223. The summed E-state index contributed by atoms with van der Waals surface area (Å²) >= 11 is 0. The molecule has 0 aromatic rings. The fourth-order valence-corrected chi connectivity index (χ4v) is 0. The average Bonchev–Trinajstić information content (AvgIpc) is 1.59. The molecule has 0 aromatic carbocycles. The largest absolute Gasteiger partial charge is 2.00 e. The smallest absolute Gasteiger partial charge is 0.759 e. The predicted octanol–water partition coefficient (Wildman–Crippen LogP) is -5.61. The van der Waals surface area contributed by atoms with E-state index in [1.165, 1.54) is 0 Å². The van der Waals surface area contributed by atoms with Crippen molar-refractivity contribution in [3.63, 3.8) is 0 Å². The summed E-state index contributed by atoms with van der Waals surface area (Å²) in [5.41, 5.74) is 0. The number of rotatable bonds is 0. The fraction of sp³-hybridized carbons (Fsp3) is 0. The van der Waals surface area contributed by atoms with Gasteiger partial charge in [-0.15, -0.1) is 0 Å². The SMILES string of the molecule is O=C([O-])C(=O)[O-].O=S(=O)([O-])[O-].[Sr+2].[Sr+2]. The van der Waals surface area contributed by atoms with Crippen molar-refractivity contribution in [2.45, 2.75) is 0 Å². The third kappa shape index (κ3) is 57.3. The van der Waals surface area contributed by atoms with Crippen LogP contribution < -0.4 is 10.2 Å². The van der Waals surface area contributed by atoms with E-state index >= 15 is 0 Å². The van der Waals surface area contributed by atoms with Crippen molar-refractivity contribution in [2.75, 3.05) is 0 Å². The number of carbonyl (C=O) groups is 2. The Morgan fingerprint density at radius 2 is 0.923 bits per heavy atom. The van der Waals surface area contributed by atoms with Crippen molar-refractivity contribution in [1.29, 1.82) is 0 Å². The molecule has 13 heavy (non-hydrogen) atoms. The third-order valence-corrected chi connectivity index (χ3v) is 0.167. The molecule has 0 unspecified atom stereocenters. The molecule has 66 valence electrons. The van der Waals surface area contributed by atoms with E-state index in [1.54, 1.807) is 0 Å². The zero-order valence-electron chi connectivity index (χ0n) is 6.09. The van der Waals surface area contributed by atoms with Gasteiger partial charge in [-0.25, -0.2) is 0 Å². The molecule has 0 saturated heterocycles. The van der Waals surface area contributed by atoms with Gasteiger partial charge in [0.05, 0.1) is 11.9 Å². The van der Waals surface area contributed by atoms with Crippen LogP contribution in [0.3, 0.4) is 0 Å². The summed E-state index contributed by atoms with van der Waals surface area (Å²) in [7, 11) is -5.17. The number of hydrogen-bond donors (Lipinski definition) is 0. The molecule has 11 heteroatoms. The Morgan fingerprint density at radius 3 is 0.923 bits per heavy atom. The number of carbonyl (C=O) groups excluding carboxylic acids is 2. The molecule has 0 aliphatic heterocycles. The Balaban J connectivity index is -0.0000000546. The molecule has 0 amide bonds. The minimum absolute atomic E-state index is 0. The van der Waals surface area contributed by atoms with Gasteiger partial charge in [0.15, 0.2) is 0 Å². The summed E-state index contributed by atoms with van der Waals surface area (Å²) in [6.07, 6.45) is 0. The zero-order chi connectivity index (χ0) is 9.65. The van der Waals surface area contributed by atoms with Crippen LogP contribution in [0.15, 0.2) is 0 Å². The third-order valence-electron chi connectivity index (χ3n) is 0.167. The Labute approximate surface area is 147 Å². The maximum absolute atomic E-state index is 8.93. The summed E-state index contributed by atoms with van der Waals surface area (Å²) in [6, 6.07) is 0. The second-order valence-corrected chi connectivity index (χ2v) is 1.80. The van der Waals surface area contributed by atoms with Gasteiger partial charge in [-0.3, -0.25) is 8.42 Å². The summed E-state index contributed by atoms with van der Waals surface area (Å²) < 4.78 is 34.1. The van der Waals surface area contributed by atoms with Gasteiger partial charge in [0.25, 0.3) is 0 Å². The first-order valence-electron chi connectivity index (χ1n) is 1.73. The van der Waals surface area contributed by atoms with Gasteiger partial charge in [0.1, 0.15) is 0 Å². The van der Waals surface area contributed by atoms with E-state index < -0.39 is 22.3 Å². The molecular formula is C2O8SSr2. The van der Waals surface area contributed by atoms with E-state index in [0.717, 1.165) is 0 Å². The van der Waals surface area contributed by atoms with E-state index in [-0.39, 0.29) is 91.0 Å². The van der Waals surface area contributed by atoms with Crippen molar-refractivity contribution in [2.24, 2.45) is 0 Å². The van der Waals surface area contributed by atoms with Crippen LogP contribution in [0.4, 0.5) is 0 Å². The van der Waals surface area contributed by atoms with Crippen LogP contribution >= 0.6 is 0 Å². The number of carboxylic acid groups (broad SMARTS) is 2. The van der Waals surface area contributed by atoms with Crippen LogP contribution in [0.2, 0.25) is 0 Å². The van der Waals surface area contributed by atoms with Crippen molar-refractivity contribution in [1.82, 2.24) is 0 Å². The average molecular weight is 359 g/mol. The predicted molar refractivity (Wildman–Crippen MR) is 32.0 cm³/mol. The normalized spacial score (nSPS) is 7.85. The van der Waals surface area contributed by atoms with E-state index in [0.29, 0.717) is 0 Å². The molecule has 0 saturated carbocycles. The molecule has 0 atom stereocenters. The summed E-state index contributed by atoms with van der Waals surface area (Å²) in [4.78, 5) is 17.9. The Kier molecular flexibility index (Phi) is 22.0. The van der Waals surface area contributed by atoms with Crippen LogP contribution in [0.25, 0.3) is 0 Å². The van der Waals surface area contributed by atoms with E-state index in [9.17, 15) is 0 Å². The topological polar surface area (TPSA) is 161 Å². The standard InChI is InChI=1S/C2H2O4.H2O4S.2Sr/c3-1(4)2(5)6;1-5(2,3)4;;/h(H,3,4)(H,5,6);(H2,1,2,3,4);;/q;;2*+2/p-4. The van der Waals surface area contributed by atoms with Crippen molar-refractivity contribution in [3.05, 3.63) is 0 Å². The quantitative estimate of drug-likeness (QED) is 0.179. The Morgan fingerprint density at radius 1 is 0.846 bits per heavy atom. The first kappa shape index (κ1) is 24.1. The van der Waals surface area contributed by atoms with E-state index in [2.05, 4.69) is 0 Å². The van der Waals surface area contributed by atoms with Gasteiger partial charge < -0.3 is 28.9 Å². The van der Waals surface area contributed by atoms with Crippen LogP contribution in [0.5, 0.6) is 0 Å². The molecule has 0 aromatic heterocycles.